The molecule has 3 aliphatic rings. The third-order valence-electron chi connectivity index (χ3n) is 5.53. The number of fused-ring (bicyclic) bond motifs is 1. The van der Waals surface area contributed by atoms with Crippen molar-refractivity contribution < 1.29 is 0 Å². The molecular weight excluding hydrogens is 234 g/mol. The average Bonchev–Trinajstić information content (AvgIpc) is 2.93. The molecule has 1 saturated carbocycles. The zero-order chi connectivity index (χ0) is 12.9. The highest BCUT2D eigenvalue weighted by Gasteiger charge is 2.48. The molecule has 0 bridgehead atoms. The van der Waals surface area contributed by atoms with Crippen molar-refractivity contribution >= 4 is 0 Å². The second kappa shape index (κ2) is 4.30. The molecule has 2 fully saturated rings. The molecule has 2 aliphatic carbocycles. The summed E-state index contributed by atoms with van der Waals surface area (Å²) in [6.45, 7) is 1.16. The Morgan fingerprint density at radius 2 is 2.11 bits per heavy atom. The van der Waals surface area contributed by atoms with Crippen LogP contribution in [0.2, 0.25) is 0 Å². The van der Waals surface area contributed by atoms with Crippen LogP contribution in [0.15, 0.2) is 24.3 Å². The van der Waals surface area contributed by atoms with Gasteiger partial charge in [-0.1, -0.05) is 24.3 Å². The molecule has 1 aromatic rings. The van der Waals surface area contributed by atoms with Gasteiger partial charge in [0.15, 0.2) is 0 Å². The van der Waals surface area contributed by atoms with Gasteiger partial charge in [-0.05, 0) is 49.8 Å². The van der Waals surface area contributed by atoms with Gasteiger partial charge in [-0.15, -0.1) is 0 Å². The molecule has 0 amide bonds. The van der Waals surface area contributed by atoms with Gasteiger partial charge in [-0.2, -0.15) is 0 Å². The normalized spacial score (nSPS) is 35.3. The first kappa shape index (κ1) is 11.9. The van der Waals surface area contributed by atoms with Gasteiger partial charge >= 0.3 is 0 Å². The molecule has 102 valence electrons. The Balaban J connectivity index is 1.50. The van der Waals surface area contributed by atoms with Crippen LogP contribution in [0.25, 0.3) is 0 Å². The second-order valence-corrected chi connectivity index (χ2v) is 6.48. The molecule has 1 aromatic carbocycles. The Bertz CT molecular complexity index is 481. The van der Waals surface area contributed by atoms with E-state index in [0.717, 1.165) is 13.0 Å². The Kier molecular flexibility index (Phi) is 2.69. The van der Waals surface area contributed by atoms with Gasteiger partial charge in [0.2, 0.25) is 0 Å². The molecule has 0 aromatic heterocycles. The first-order valence-corrected chi connectivity index (χ1v) is 7.63. The fourth-order valence-electron chi connectivity index (χ4n) is 4.24. The Labute approximate surface area is 115 Å². The zero-order valence-corrected chi connectivity index (χ0v) is 11.4. The van der Waals surface area contributed by atoms with Gasteiger partial charge in [0.1, 0.15) is 0 Å². The molecule has 0 radical (unpaired) electrons. The molecule has 4 N–H and O–H groups in total. The van der Waals surface area contributed by atoms with Crippen LogP contribution in [-0.4, -0.2) is 24.2 Å². The second-order valence-electron chi connectivity index (χ2n) is 6.48. The Morgan fingerprint density at radius 3 is 2.84 bits per heavy atom. The van der Waals surface area contributed by atoms with Crippen molar-refractivity contribution in [1.29, 1.82) is 0 Å². The Hall–Kier alpha value is -0.900. The van der Waals surface area contributed by atoms with E-state index in [-0.39, 0.29) is 6.04 Å². The van der Waals surface area contributed by atoms with Crippen LogP contribution < -0.4 is 16.4 Å². The highest BCUT2D eigenvalue weighted by Crippen LogP contribution is 2.40. The molecule has 19 heavy (non-hydrogen) atoms. The van der Waals surface area contributed by atoms with E-state index < -0.39 is 0 Å². The summed E-state index contributed by atoms with van der Waals surface area (Å²) in [5, 5.41) is 7.61. The quantitative estimate of drug-likeness (QED) is 0.752. The molecule has 4 rings (SSSR count). The lowest BCUT2D eigenvalue weighted by Crippen LogP contribution is -2.60. The van der Waals surface area contributed by atoms with Crippen LogP contribution in [-0.2, 0) is 6.42 Å². The van der Waals surface area contributed by atoms with E-state index in [1.807, 2.05) is 0 Å². The molecule has 3 atom stereocenters. The lowest BCUT2D eigenvalue weighted by Gasteiger charge is -2.45. The van der Waals surface area contributed by atoms with Crippen LogP contribution >= 0.6 is 0 Å². The van der Waals surface area contributed by atoms with Crippen LogP contribution in [0.1, 0.15) is 42.9 Å². The number of nitrogens with two attached hydrogens (primary N) is 1. The maximum atomic E-state index is 6.43. The maximum absolute atomic E-state index is 6.43. The largest absolute Gasteiger partial charge is 0.323 e. The average molecular weight is 257 g/mol. The van der Waals surface area contributed by atoms with Gasteiger partial charge in [0, 0.05) is 23.7 Å². The summed E-state index contributed by atoms with van der Waals surface area (Å²) in [6.07, 6.45) is 6.38. The van der Waals surface area contributed by atoms with Crippen molar-refractivity contribution in [3.05, 3.63) is 35.4 Å². The standard InChI is InChI=1S/C16H23N3/c17-15-12-5-2-1-4-11(12)10-13(15)19-14-6-9-18-16(14)7-3-8-16/h1-2,4-5,13-15,18-19H,3,6-10,17H2/t13-,14?,15-/m1/s1. The van der Waals surface area contributed by atoms with Crippen LogP contribution in [0.5, 0.6) is 0 Å². The fraction of sp³-hybridized carbons (Fsp3) is 0.625. The molecule has 1 unspecified atom stereocenters. The topological polar surface area (TPSA) is 50.1 Å². The van der Waals surface area contributed by atoms with Gasteiger partial charge in [0.25, 0.3) is 0 Å². The van der Waals surface area contributed by atoms with Crippen LogP contribution in [0.4, 0.5) is 0 Å². The minimum absolute atomic E-state index is 0.161. The number of rotatable bonds is 2. The summed E-state index contributed by atoms with van der Waals surface area (Å²) in [6, 6.07) is 9.83. The minimum Gasteiger partial charge on any atom is -0.323 e. The monoisotopic (exact) mass is 257 g/mol. The first-order chi connectivity index (χ1) is 9.28. The van der Waals surface area contributed by atoms with E-state index in [1.54, 1.807) is 0 Å². The van der Waals surface area contributed by atoms with Crippen molar-refractivity contribution in [3.63, 3.8) is 0 Å². The summed E-state index contributed by atoms with van der Waals surface area (Å²) < 4.78 is 0. The number of nitrogens with one attached hydrogen (secondary N) is 2. The smallest absolute Gasteiger partial charge is 0.0456 e. The zero-order valence-electron chi connectivity index (χ0n) is 11.4. The maximum Gasteiger partial charge on any atom is 0.0456 e. The van der Waals surface area contributed by atoms with Crippen LogP contribution in [0.3, 0.4) is 0 Å². The molecule has 3 nitrogen and oxygen atoms in total. The first-order valence-electron chi connectivity index (χ1n) is 7.63. The van der Waals surface area contributed by atoms with E-state index in [4.69, 9.17) is 5.73 Å². The molecular formula is C16H23N3. The van der Waals surface area contributed by atoms with Gasteiger partial charge in [0.05, 0.1) is 0 Å². The van der Waals surface area contributed by atoms with Crippen LogP contribution in [0, 0.1) is 0 Å². The number of hydrogen-bond acceptors (Lipinski definition) is 3. The summed E-state index contributed by atoms with van der Waals surface area (Å²) >= 11 is 0. The van der Waals surface area contributed by atoms with Crippen molar-refractivity contribution in [2.45, 2.75) is 55.8 Å². The molecule has 1 heterocycles. The number of benzene rings is 1. The SMILES string of the molecule is N[C@@H]1c2ccccc2C[C@H]1NC1CCNC12CCC2. The predicted octanol–water partition coefficient (Wildman–Crippen LogP) is 1.49. The van der Waals surface area contributed by atoms with E-state index in [2.05, 4.69) is 34.9 Å². The fourth-order valence-corrected chi connectivity index (χ4v) is 4.24. The summed E-state index contributed by atoms with van der Waals surface area (Å²) in [5.74, 6) is 0. The van der Waals surface area contributed by atoms with Gasteiger partial charge in [-0.3, -0.25) is 0 Å². The third-order valence-corrected chi connectivity index (χ3v) is 5.53. The highest BCUT2D eigenvalue weighted by molar-refractivity contribution is 5.37. The lowest BCUT2D eigenvalue weighted by molar-refractivity contribution is 0.160. The summed E-state index contributed by atoms with van der Waals surface area (Å²) in [5.41, 5.74) is 9.60. The van der Waals surface area contributed by atoms with E-state index >= 15 is 0 Å². The van der Waals surface area contributed by atoms with Crippen molar-refractivity contribution in [3.8, 4) is 0 Å². The van der Waals surface area contributed by atoms with E-state index in [1.165, 1.54) is 36.8 Å². The number of hydrogen-bond donors (Lipinski definition) is 3. The summed E-state index contributed by atoms with van der Waals surface area (Å²) in [4.78, 5) is 0. The van der Waals surface area contributed by atoms with E-state index in [0.29, 0.717) is 17.6 Å². The molecule has 3 heteroatoms. The van der Waals surface area contributed by atoms with Gasteiger partial charge in [-0.25, -0.2) is 0 Å². The highest BCUT2D eigenvalue weighted by atomic mass is 15.1. The van der Waals surface area contributed by atoms with Gasteiger partial charge < -0.3 is 16.4 Å². The van der Waals surface area contributed by atoms with Crippen molar-refractivity contribution in [2.24, 2.45) is 5.73 Å². The van der Waals surface area contributed by atoms with E-state index in [9.17, 15) is 0 Å². The lowest BCUT2D eigenvalue weighted by atomic mass is 9.72. The Morgan fingerprint density at radius 1 is 1.26 bits per heavy atom. The minimum atomic E-state index is 0.161. The molecule has 1 saturated heterocycles. The van der Waals surface area contributed by atoms with Crippen molar-refractivity contribution in [2.75, 3.05) is 6.54 Å². The van der Waals surface area contributed by atoms with Crippen molar-refractivity contribution in [1.82, 2.24) is 10.6 Å². The molecule has 1 aliphatic heterocycles. The molecule has 1 spiro atoms. The predicted molar refractivity (Wildman–Crippen MR) is 77.0 cm³/mol. The third kappa shape index (κ3) is 1.76. The summed E-state index contributed by atoms with van der Waals surface area (Å²) in [7, 11) is 0.